The maximum absolute atomic E-state index is 13.4. The Morgan fingerprint density at radius 1 is 1.14 bits per heavy atom. The number of aromatic nitrogens is 2. The molecule has 35 heavy (non-hydrogen) atoms. The van der Waals surface area contributed by atoms with Gasteiger partial charge in [-0.1, -0.05) is 24.3 Å². The van der Waals surface area contributed by atoms with Crippen LogP contribution in [0.5, 0.6) is 0 Å². The summed E-state index contributed by atoms with van der Waals surface area (Å²) in [5.74, 6) is 0.874. The first-order valence-electron chi connectivity index (χ1n) is 12.3. The fourth-order valence-corrected chi connectivity index (χ4v) is 7.95. The molecule has 6 rings (SSSR count). The van der Waals surface area contributed by atoms with E-state index in [0.29, 0.717) is 30.8 Å². The van der Waals surface area contributed by atoms with E-state index in [0.717, 1.165) is 28.6 Å². The van der Waals surface area contributed by atoms with Gasteiger partial charge >= 0.3 is 0 Å². The molecule has 4 atom stereocenters. The Labute approximate surface area is 206 Å². The second kappa shape index (κ2) is 7.87. The molecule has 1 saturated carbocycles. The summed E-state index contributed by atoms with van der Waals surface area (Å²) in [4.78, 5) is 0. The number of halogens is 1. The summed E-state index contributed by atoms with van der Waals surface area (Å²) in [5.41, 5.74) is 3.98. The van der Waals surface area contributed by atoms with Crippen molar-refractivity contribution >= 4 is 20.9 Å². The van der Waals surface area contributed by atoms with Gasteiger partial charge in [0.2, 0.25) is 10.0 Å². The van der Waals surface area contributed by atoms with Gasteiger partial charge in [-0.25, -0.2) is 21.8 Å². The second-order valence-electron chi connectivity index (χ2n) is 10.5. The normalized spacial score (nSPS) is 28.2. The molecular weight excluding hydrogens is 461 g/mol. The highest BCUT2D eigenvalue weighted by atomic mass is 32.2. The molecule has 3 aliphatic rings. The number of allylic oxidation sites excluding steroid dienone is 4. The van der Waals surface area contributed by atoms with Crippen LogP contribution in [0.2, 0.25) is 0 Å². The van der Waals surface area contributed by atoms with Crippen molar-refractivity contribution < 1.29 is 12.8 Å². The molecule has 1 saturated heterocycles. The van der Waals surface area contributed by atoms with E-state index in [1.54, 1.807) is 30.3 Å². The lowest BCUT2D eigenvalue weighted by molar-refractivity contribution is 0.358. The first-order chi connectivity index (χ1) is 16.7. The van der Waals surface area contributed by atoms with E-state index in [1.165, 1.54) is 17.7 Å². The summed E-state index contributed by atoms with van der Waals surface area (Å²) in [7, 11) is -3.32. The van der Waals surface area contributed by atoms with Crippen LogP contribution in [0.1, 0.15) is 31.4 Å². The van der Waals surface area contributed by atoms with E-state index >= 15 is 0 Å². The predicted molar refractivity (Wildman–Crippen MR) is 136 cm³/mol. The molecule has 0 amide bonds. The smallest absolute Gasteiger partial charge is 0.216 e. The molecule has 182 valence electrons. The van der Waals surface area contributed by atoms with Crippen molar-refractivity contribution in [2.24, 2.45) is 17.8 Å². The van der Waals surface area contributed by atoms with Gasteiger partial charge in [0.05, 0.1) is 22.7 Å². The zero-order valence-corrected chi connectivity index (χ0v) is 21.0. The van der Waals surface area contributed by atoms with Crippen LogP contribution < -0.4 is 0 Å². The average molecular weight is 492 g/mol. The number of piperidine rings is 1. The van der Waals surface area contributed by atoms with Crippen LogP contribution in [-0.2, 0) is 15.4 Å². The number of fused-ring (bicyclic) bond motifs is 2. The number of rotatable bonds is 5. The zero-order valence-electron chi connectivity index (χ0n) is 20.2. The standard InChI is InChI=1S/C28H30FN3O2S/c1-18(2)35(33,34)31-16-25-27(20-7-5-4-6-8-20)28(25,17-31)24-14-21-15-30-32(26(21)13-19(24)3)23-11-9-22(29)10-12-23/h4-7,9-15,18,20,25,27H,8,16-17H2,1-3H3/t20?,25-,27-,28+/m0/s1. The Morgan fingerprint density at radius 2 is 1.91 bits per heavy atom. The van der Waals surface area contributed by atoms with E-state index in [9.17, 15) is 12.8 Å². The predicted octanol–water partition coefficient (Wildman–Crippen LogP) is 5.14. The van der Waals surface area contributed by atoms with Crippen LogP contribution >= 0.6 is 0 Å². The van der Waals surface area contributed by atoms with Crippen LogP contribution in [0.3, 0.4) is 0 Å². The van der Waals surface area contributed by atoms with Crippen LogP contribution in [-0.4, -0.2) is 40.8 Å². The highest BCUT2D eigenvalue weighted by Gasteiger charge is 2.72. The van der Waals surface area contributed by atoms with Gasteiger partial charge in [0.25, 0.3) is 0 Å². The molecule has 0 bridgehead atoms. The molecule has 2 fully saturated rings. The van der Waals surface area contributed by atoms with E-state index in [1.807, 2.05) is 10.9 Å². The maximum atomic E-state index is 13.4. The van der Waals surface area contributed by atoms with Crippen LogP contribution in [0.25, 0.3) is 16.6 Å². The third-order valence-electron chi connectivity index (χ3n) is 8.34. The Hall–Kier alpha value is -2.77. The summed E-state index contributed by atoms with van der Waals surface area (Å²) in [6.07, 6.45) is 11.6. The van der Waals surface area contributed by atoms with Crippen LogP contribution in [0.4, 0.5) is 4.39 Å². The molecule has 1 aliphatic heterocycles. The number of nitrogens with zero attached hydrogens (tertiary/aromatic N) is 3. The molecule has 1 aromatic heterocycles. The number of aryl methyl sites for hydroxylation is 1. The van der Waals surface area contributed by atoms with Crippen LogP contribution in [0, 0.1) is 30.5 Å². The first kappa shape index (κ1) is 22.7. The van der Waals surface area contributed by atoms with Crippen molar-refractivity contribution in [2.75, 3.05) is 13.1 Å². The number of hydrogen-bond acceptors (Lipinski definition) is 3. The fourth-order valence-electron chi connectivity index (χ4n) is 6.60. The van der Waals surface area contributed by atoms with E-state index < -0.39 is 15.3 Å². The van der Waals surface area contributed by atoms with E-state index in [4.69, 9.17) is 0 Å². The minimum Gasteiger partial charge on any atom is -0.233 e. The van der Waals surface area contributed by atoms with Gasteiger partial charge < -0.3 is 0 Å². The molecule has 0 spiro atoms. The van der Waals surface area contributed by atoms with Crippen molar-refractivity contribution in [1.82, 2.24) is 14.1 Å². The first-order valence-corrected chi connectivity index (χ1v) is 13.8. The quantitative estimate of drug-likeness (QED) is 0.496. The Balaban J connectivity index is 1.44. The van der Waals surface area contributed by atoms with Crippen molar-refractivity contribution in [3.63, 3.8) is 0 Å². The van der Waals surface area contributed by atoms with Gasteiger partial charge in [-0.15, -0.1) is 0 Å². The van der Waals surface area contributed by atoms with E-state index in [2.05, 4.69) is 48.5 Å². The third kappa shape index (κ3) is 3.35. The molecule has 3 aromatic rings. The van der Waals surface area contributed by atoms with Crippen molar-refractivity contribution in [3.05, 3.63) is 83.8 Å². The lowest BCUT2D eigenvalue weighted by atomic mass is 9.83. The summed E-state index contributed by atoms with van der Waals surface area (Å²) in [6, 6.07) is 10.7. The minimum atomic E-state index is -3.32. The highest BCUT2D eigenvalue weighted by Crippen LogP contribution is 2.69. The van der Waals surface area contributed by atoms with E-state index in [-0.39, 0.29) is 11.2 Å². The Kier molecular flexibility index (Phi) is 5.10. The van der Waals surface area contributed by atoms with Crippen molar-refractivity contribution in [3.8, 4) is 5.69 Å². The van der Waals surface area contributed by atoms with Crippen molar-refractivity contribution in [1.29, 1.82) is 0 Å². The van der Waals surface area contributed by atoms with Gasteiger partial charge in [0.15, 0.2) is 0 Å². The third-order valence-corrected chi connectivity index (χ3v) is 10.5. The second-order valence-corrected chi connectivity index (χ2v) is 13.0. The topological polar surface area (TPSA) is 55.2 Å². The lowest BCUT2D eigenvalue weighted by Gasteiger charge is -2.28. The summed E-state index contributed by atoms with van der Waals surface area (Å²) in [5, 5.41) is 5.18. The maximum Gasteiger partial charge on any atom is 0.216 e. The molecule has 1 unspecified atom stereocenters. The molecule has 0 N–H and O–H groups in total. The Bertz CT molecular complexity index is 1470. The summed E-state index contributed by atoms with van der Waals surface area (Å²) in [6.45, 7) is 6.77. The molecule has 5 nitrogen and oxygen atoms in total. The van der Waals surface area contributed by atoms with Gasteiger partial charge in [-0.3, -0.25) is 0 Å². The highest BCUT2D eigenvalue weighted by molar-refractivity contribution is 7.89. The Morgan fingerprint density at radius 3 is 2.60 bits per heavy atom. The number of benzene rings is 2. The van der Waals surface area contributed by atoms with Gasteiger partial charge in [-0.2, -0.15) is 5.10 Å². The summed E-state index contributed by atoms with van der Waals surface area (Å²) < 4.78 is 43.2. The molecular formula is C28H30FN3O2S. The minimum absolute atomic E-state index is 0.182. The van der Waals surface area contributed by atoms with Gasteiger partial charge in [0.1, 0.15) is 5.82 Å². The van der Waals surface area contributed by atoms with Crippen LogP contribution in [0.15, 0.2) is 66.9 Å². The SMILES string of the molecule is Cc1cc2c(cnn2-c2ccc(F)cc2)cc1[C@]12CN(S(=O)(=O)C(C)C)C[C@H]1[C@@H]2C1C=CC=CC1. The molecule has 2 aliphatic carbocycles. The molecule has 2 heterocycles. The molecule has 2 aromatic carbocycles. The monoisotopic (exact) mass is 491 g/mol. The largest absolute Gasteiger partial charge is 0.233 e. The lowest BCUT2D eigenvalue weighted by Crippen LogP contribution is -2.39. The molecule has 7 heteroatoms. The molecule has 0 radical (unpaired) electrons. The van der Waals surface area contributed by atoms with Gasteiger partial charge in [0, 0.05) is 23.9 Å². The zero-order chi connectivity index (χ0) is 24.5. The number of hydrogen-bond donors (Lipinski definition) is 0. The average Bonchev–Trinajstić information content (AvgIpc) is 3.10. The number of sulfonamides is 1. The van der Waals surface area contributed by atoms with Gasteiger partial charge in [-0.05, 0) is 92.5 Å². The summed E-state index contributed by atoms with van der Waals surface area (Å²) >= 11 is 0. The fraction of sp³-hybridized carbons (Fsp3) is 0.393. The van der Waals surface area contributed by atoms with Crippen molar-refractivity contribution in [2.45, 2.75) is 37.9 Å².